The molecule has 0 unspecified atom stereocenters. The highest BCUT2D eigenvalue weighted by Gasteiger charge is 2.12. The second kappa shape index (κ2) is 9.14. The number of nitrogen functional groups attached to an aromatic ring is 1. The van der Waals surface area contributed by atoms with Crippen LogP contribution >= 0.6 is 11.6 Å². The molecule has 0 fully saturated rings. The van der Waals surface area contributed by atoms with E-state index in [0.29, 0.717) is 35.1 Å². The highest BCUT2D eigenvalue weighted by Crippen LogP contribution is 2.28. The second-order valence-electron chi connectivity index (χ2n) is 7.39. The molecule has 0 amide bonds. The van der Waals surface area contributed by atoms with Crippen LogP contribution in [0.1, 0.15) is 35.7 Å². The van der Waals surface area contributed by atoms with E-state index < -0.39 is 0 Å². The maximum Gasteiger partial charge on any atom is 0.164 e. The molecule has 0 aliphatic rings. The summed E-state index contributed by atoms with van der Waals surface area (Å²) in [7, 11) is 0. The summed E-state index contributed by atoms with van der Waals surface area (Å²) in [6.07, 6.45) is 3.06. The summed E-state index contributed by atoms with van der Waals surface area (Å²) in [5.41, 5.74) is 10.9. The zero-order valence-electron chi connectivity index (χ0n) is 17.2. The number of nitrogens with one attached hydrogen (secondary N) is 1. The van der Waals surface area contributed by atoms with Crippen LogP contribution in [-0.2, 0) is 6.54 Å². The van der Waals surface area contributed by atoms with Crippen molar-refractivity contribution in [2.24, 2.45) is 0 Å². The number of nitrogens with zero attached hydrogens (tertiary/aromatic N) is 2. The Kier molecular flexibility index (Phi) is 6.14. The molecular weight excluding hydrogens is 408 g/mol. The summed E-state index contributed by atoms with van der Waals surface area (Å²) in [5.74, 6) is 0.656. The van der Waals surface area contributed by atoms with E-state index in [1.807, 2.05) is 49.4 Å². The molecule has 3 N–H and O–H groups in total. The van der Waals surface area contributed by atoms with E-state index in [0.717, 1.165) is 34.1 Å². The molecule has 4 rings (SSSR count). The minimum absolute atomic E-state index is 0.0530. The lowest BCUT2D eigenvalue weighted by atomic mass is 10.0. The van der Waals surface area contributed by atoms with E-state index in [9.17, 15) is 4.79 Å². The third kappa shape index (κ3) is 4.67. The highest BCUT2D eigenvalue weighted by molar-refractivity contribution is 6.34. The van der Waals surface area contributed by atoms with Crippen molar-refractivity contribution in [3.8, 4) is 11.3 Å². The van der Waals surface area contributed by atoms with Crippen molar-refractivity contribution >= 4 is 39.8 Å². The number of fused-ring (bicyclic) bond motifs is 1. The fraction of sp³-hybridized carbons (Fsp3) is 0.160. The Bertz CT molecular complexity index is 1260. The van der Waals surface area contributed by atoms with Gasteiger partial charge in [0.05, 0.1) is 21.9 Å². The molecule has 0 atom stereocenters. The number of Topliss-reactive ketones (excluding diaryl/α,β-unsaturated/α-hetero) is 1. The first-order valence-electron chi connectivity index (χ1n) is 10.2. The predicted octanol–water partition coefficient (Wildman–Crippen LogP) is 6.13. The first-order valence-corrected chi connectivity index (χ1v) is 10.6. The standard InChI is InChI=1S/C25H23ClN4O/c1-2-4-24(31)19-8-7-18(14-20(19)26)23-11-9-21(27)25(30-23)29-15-16-6-10-22-17(13-16)5-3-12-28-22/h3,5-14H,2,4,15,27H2,1H3,(H,29,30). The molecule has 0 saturated carbocycles. The van der Waals surface area contributed by atoms with E-state index >= 15 is 0 Å². The van der Waals surface area contributed by atoms with E-state index in [1.165, 1.54) is 0 Å². The lowest BCUT2D eigenvalue weighted by Crippen LogP contribution is -2.05. The van der Waals surface area contributed by atoms with Crippen molar-refractivity contribution in [3.05, 3.63) is 83.0 Å². The van der Waals surface area contributed by atoms with Gasteiger partial charge in [-0.3, -0.25) is 9.78 Å². The summed E-state index contributed by atoms with van der Waals surface area (Å²) >= 11 is 6.38. The number of hydrogen-bond acceptors (Lipinski definition) is 5. The van der Waals surface area contributed by atoms with Crippen molar-refractivity contribution in [2.75, 3.05) is 11.1 Å². The van der Waals surface area contributed by atoms with E-state index in [1.54, 1.807) is 18.3 Å². The lowest BCUT2D eigenvalue weighted by Gasteiger charge is -2.12. The van der Waals surface area contributed by atoms with Gasteiger partial charge in [-0.05, 0) is 54.4 Å². The largest absolute Gasteiger partial charge is 0.396 e. The van der Waals surface area contributed by atoms with E-state index in [2.05, 4.69) is 21.4 Å². The fourth-order valence-corrected chi connectivity index (χ4v) is 3.74. The van der Waals surface area contributed by atoms with Gasteiger partial charge in [-0.25, -0.2) is 4.98 Å². The van der Waals surface area contributed by atoms with Crippen LogP contribution in [0, 0.1) is 0 Å². The van der Waals surface area contributed by atoms with Gasteiger partial charge in [0.2, 0.25) is 0 Å². The summed E-state index contributed by atoms with van der Waals surface area (Å²) in [4.78, 5) is 21.2. The highest BCUT2D eigenvalue weighted by atomic mass is 35.5. The van der Waals surface area contributed by atoms with E-state index in [-0.39, 0.29) is 5.78 Å². The monoisotopic (exact) mass is 430 g/mol. The number of rotatable bonds is 7. The van der Waals surface area contributed by atoms with Crippen LogP contribution in [0.3, 0.4) is 0 Å². The first-order chi connectivity index (χ1) is 15.0. The zero-order chi connectivity index (χ0) is 21.8. The summed E-state index contributed by atoms with van der Waals surface area (Å²) in [5, 5.41) is 4.85. The van der Waals surface area contributed by atoms with Crippen LogP contribution in [0.5, 0.6) is 0 Å². The van der Waals surface area contributed by atoms with Gasteiger partial charge in [0.25, 0.3) is 0 Å². The van der Waals surface area contributed by atoms with Gasteiger partial charge in [-0.15, -0.1) is 0 Å². The molecular formula is C25H23ClN4O. The number of ketones is 1. The number of nitrogens with two attached hydrogens (primary N) is 1. The van der Waals surface area contributed by atoms with Gasteiger partial charge in [0, 0.05) is 35.7 Å². The molecule has 0 saturated heterocycles. The Labute approximate surface area is 186 Å². The third-order valence-corrected chi connectivity index (χ3v) is 5.41. The number of benzene rings is 2. The molecule has 2 aromatic heterocycles. The molecule has 0 radical (unpaired) electrons. The predicted molar refractivity (Wildman–Crippen MR) is 127 cm³/mol. The molecule has 156 valence electrons. The third-order valence-electron chi connectivity index (χ3n) is 5.10. The average Bonchev–Trinajstić information content (AvgIpc) is 2.78. The minimum Gasteiger partial charge on any atom is -0.396 e. The Morgan fingerprint density at radius 1 is 1.10 bits per heavy atom. The Balaban J connectivity index is 1.55. The number of carbonyl (C=O) groups is 1. The maximum atomic E-state index is 12.2. The van der Waals surface area contributed by atoms with Crippen molar-refractivity contribution in [1.29, 1.82) is 0 Å². The van der Waals surface area contributed by atoms with Gasteiger partial charge < -0.3 is 11.1 Å². The number of aromatic nitrogens is 2. The van der Waals surface area contributed by atoms with Crippen LogP contribution < -0.4 is 11.1 Å². The average molecular weight is 431 g/mol. The quantitative estimate of drug-likeness (QED) is 0.345. The van der Waals surface area contributed by atoms with Gasteiger partial charge in [0.15, 0.2) is 5.78 Å². The maximum absolute atomic E-state index is 12.2. The summed E-state index contributed by atoms with van der Waals surface area (Å²) in [6, 6.07) is 19.2. The topological polar surface area (TPSA) is 80.9 Å². The lowest BCUT2D eigenvalue weighted by molar-refractivity contribution is 0.0982. The zero-order valence-corrected chi connectivity index (χ0v) is 18.0. The molecule has 0 aliphatic carbocycles. The molecule has 0 spiro atoms. The first kappa shape index (κ1) is 20.8. The van der Waals surface area contributed by atoms with Crippen LogP contribution in [0.2, 0.25) is 5.02 Å². The Hall–Kier alpha value is -3.44. The molecule has 5 nitrogen and oxygen atoms in total. The molecule has 31 heavy (non-hydrogen) atoms. The summed E-state index contributed by atoms with van der Waals surface area (Å²) in [6.45, 7) is 2.55. The van der Waals surface area contributed by atoms with Crippen LogP contribution in [-0.4, -0.2) is 15.8 Å². The molecule has 2 heterocycles. The van der Waals surface area contributed by atoms with E-state index in [4.69, 9.17) is 17.3 Å². The fourth-order valence-electron chi connectivity index (χ4n) is 3.46. The van der Waals surface area contributed by atoms with Crippen molar-refractivity contribution in [2.45, 2.75) is 26.3 Å². The van der Waals surface area contributed by atoms with Crippen molar-refractivity contribution in [1.82, 2.24) is 9.97 Å². The Morgan fingerprint density at radius 2 is 1.97 bits per heavy atom. The summed E-state index contributed by atoms with van der Waals surface area (Å²) < 4.78 is 0. The van der Waals surface area contributed by atoms with Crippen molar-refractivity contribution in [3.63, 3.8) is 0 Å². The van der Waals surface area contributed by atoms with Crippen LogP contribution in [0.4, 0.5) is 11.5 Å². The molecule has 2 aromatic carbocycles. The Morgan fingerprint density at radius 3 is 2.77 bits per heavy atom. The van der Waals surface area contributed by atoms with Gasteiger partial charge in [0.1, 0.15) is 5.82 Å². The SMILES string of the molecule is CCCC(=O)c1ccc(-c2ccc(N)c(NCc3ccc4ncccc4c3)n2)cc1Cl. The number of anilines is 2. The number of halogens is 1. The van der Waals surface area contributed by atoms with Crippen molar-refractivity contribution < 1.29 is 4.79 Å². The molecule has 0 bridgehead atoms. The number of pyridine rings is 2. The molecule has 0 aliphatic heterocycles. The molecule has 6 heteroatoms. The normalized spacial score (nSPS) is 10.9. The number of hydrogen-bond donors (Lipinski definition) is 2. The van der Waals surface area contributed by atoms with Gasteiger partial charge >= 0.3 is 0 Å². The minimum atomic E-state index is 0.0530. The molecule has 4 aromatic rings. The second-order valence-corrected chi connectivity index (χ2v) is 7.79. The van der Waals surface area contributed by atoms with Gasteiger partial charge in [-0.2, -0.15) is 0 Å². The van der Waals surface area contributed by atoms with Crippen LogP contribution in [0.15, 0.2) is 66.9 Å². The smallest absolute Gasteiger partial charge is 0.164 e. The van der Waals surface area contributed by atoms with Crippen LogP contribution in [0.25, 0.3) is 22.2 Å². The number of carbonyl (C=O) groups excluding carboxylic acids is 1. The van der Waals surface area contributed by atoms with Gasteiger partial charge in [-0.1, -0.05) is 36.7 Å².